The van der Waals surface area contributed by atoms with Crippen molar-refractivity contribution in [1.29, 1.82) is 0 Å². The largest absolute Gasteiger partial charge is 1.00 e. The zero-order valence-corrected chi connectivity index (χ0v) is 18.1. The molecular formula is C17H25Cl2OSiTi. The van der Waals surface area contributed by atoms with Gasteiger partial charge in [0.15, 0.2) is 0 Å². The van der Waals surface area contributed by atoms with Crippen molar-refractivity contribution in [3.05, 3.63) is 45.0 Å². The molecule has 0 aromatic heterocycles. The summed E-state index contributed by atoms with van der Waals surface area (Å²) < 4.78 is 8.13. The van der Waals surface area contributed by atoms with Crippen molar-refractivity contribution >= 4 is 8.07 Å². The molecule has 0 N–H and O–H groups in total. The van der Waals surface area contributed by atoms with Gasteiger partial charge in [-0.15, -0.1) is 0 Å². The number of allylic oxidation sites excluding steroid dienone is 6. The minimum Gasteiger partial charge on any atom is -1.00 e. The quantitative estimate of drug-likeness (QED) is 0.536. The van der Waals surface area contributed by atoms with Crippen LogP contribution in [-0.2, 0) is 25.2 Å². The average Bonchev–Trinajstić information content (AvgIpc) is 2.78. The minimum atomic E-state index is -1.76. The second-order valence-electron chi connectivity index (χ2n) is 6.60. The maximum Gasteiger partial charge on any atom is -1.00 e. The van der Waals surface area contributed by atoms with E-state index in [1.165, 1.54) is 9.45 Å². The molecule has 2 aliphatic rings. The number of ether oxygens (including phenoxy) is 1. The molecule has 0 aromatic rings. The first kappa shape index (κ1) is 22.4. The smallest absolute Gasteiger partial charge is 1.00 e. The van der Waals surface area contributed by atoms with Crippen LogP contribution in [0.2, 0.25) is 13.1 Å². The molecule has 121 valence electrons. The summed E-state index contributed by atoms with van der Waals surface area (Å²) in [5.41, 5.74) is 1.39. The van der Waals surface area contributed by atoms with Crippen LogP contribution in [0, 0.1) is 0 Å². The van der Waals surface area contributed by atoms with Crippen LogP contribution in [0.15, 0.2) is 45.0 Å². The Kier molecular flexibility index (Phi) is 8.67. The van der Waals surface area contributed by atoms with E-state index in [4.69, 9.17) is 4.74 Å². The standard InChI is InChI=1S/C17H25OSi.2ClH.Ti/c1-14(2)18-17(13-9-8-10-15(17)3)19(4,5)16-11-6-7-12-16;;;/h6,8-11,14H,7,13H2,1-5H3;2*1H;/q;;;+2/p-2. The molecule has 1 atom stereocenters. The van der Waals surface area contributed by atoms with Crippen molar-refractivity contribution < 1.29 is 50.0 Å². The van der Waals surface area contributed by atoms with E-state index >= 15 is 0 Å². The van der Waals surface area contributed by atoms with E-state index in [2.05, 4.69) is 84.7 Å². The van der Waals surface area contributed by atoms with Gasteiger partial charge in [0.2, 0.25) is 0 Å². The summed E-state index contributed by atoms with van der Waals surface area (Å²) in [6.45, 7) is 11.5. The molecule has 0 spiro atoms. The van der Waals surface area contributed by atoms with E-state index in [0.29, 0.717) is 0 Å². The first-order valence-corrected chi connectivity index (χ1v) is 11.2. The number of hydrogen-bond donors (Lipinski definition) is 0. The van der Waals surface area contributed by atoms with Gasteiger partial charge in [0.05, 0.1) is 0 Å². The summed E-state index contributed by atoms with van der Waals surface area (Å²) in [5.74, 6) is 0. The van der Waals surface area contributed by atoms with Gasteiger partial charge in [0.25, 0.3) is 0 Å². The number of rotatable bonds is 4. The van der Waals surface area contributed by atoms with Crippen LogP contribution in [0.25, 0.3) is 0 Å². The van der Waals surface area contributed by atoms with E-state index < -0.39 is 8.07 Å². The van der Waals surface area contributed by atoms with Crippen LogP contribution in [0.3, 0.4) is 0 Å². The zero-order valence-electron chi connectivity index (χ0n) is 14.0. The van der Waals surface area contributed by atoms with Gasteiger partial charge in [-0.2, -0.15) is 0 Å². The molecule has 2 rings (SSSR count). The Morgan fingerprint density at radius 1 is 1.23 bits per heavy atom. The molecule has 0 fully saturated rings. The molecule has 0 amide bonds. The van der Waals surface area contributed by atoms with Crippen molar-refractivity contribution in [3.8, 4) is 0 Å². The van der Waals surface area contributed by atoms with Crippen LogP contribution in [-0.4, -0.2) is 19.4 Å². The average molecular weight is 392 g/mol. The maximum atomic E-state index is 6.59. The molecular weight excluding hydrogens is 367 g/mol. The summed E-state index contributed by atoms with van der Waals surface area (Å²) in [6.07, 6.45) is 13.7. The number of hydrogen-bond acceptors (Lipinski definition) is 1. The maximum absolute atomic E-state index is 6.59. The molecule has 22 heavy (non-hydrogen) atoms. The van der Waals surface area contributed by atoms with E-state index in [-0.39, 0.29) is 36.1 Å². The Hall–Kier alpha value is 0.431. The third-order valence-electron chi connectivity index (χ3n) is 4.58. The Balaban J connectivity index is 0.00000220. The fraction of sp³-hybridized carbons (Fsp3) is 0.529. The van der Waals surface area contributed by atoms with Gasteiger partial charge >= 0.3 is 136 Å². The van der Waals surface area contributed by atoms with Crippen LogP contribution in [0.5, 0.6) is 0 Å². The molecule has 0 radical (unpaired) electrons. The molecule has 0 heterocycles. The fourth-order valence-corrected chi connectivity index (χ4v) is 9.32. The van der Waals surface area contributed by atoms with Gasteiger partial charge in [0.1, 0.15) is 0 Å². The molecule has 2 aliphatic carbocycles. The van der Waals surface area contributed by atoms with E-state index in [0.717, 1.165) is 12.8 Å². The van der Waals surface area contributed by atoms with Crippen LogP contribution >= 0.6 is 0 Å². The van der Waals surface area contributed by atoms with Gasteiger partial charge < -0.3 is 24.8 Å². The molecule has 0 aliphatic heterocycles. The normalized spacial score (nSPS) is 24.3. The predicted molar refractivity (Wildman–Crippen MR) is 84.7 cm³/mol. The van der Waals surface area contributed by atoms with Crippen LogP contribution < -0.4 is 24.8 Å². The summed E-state index contributed by atoms with van der Waals surface area (Å²) in [7, 11) is -1.76. The Morgan fingerprint density at radius 3 is 2.32 bits per heavy atom. The summed E-state index contributed by atoms with van der Waals surface area (Å²) >= 11 is 2.28. The monoisotopic (exact) mass is 391 g/mol. The van der Waals surface area contributed by atoms with Gasteiger partial charge in [-0.05, 0) is 0 Å². The molecule has 5 heteroatoms. The number of halogens is 2. The van der Waals surface area contributed by atoms with Crippen LogP contribution in [0.4, 0.5) is 0 Å². The second kappa shape index (κ2) is 8.51. The second-order valence-corrected chi connectivity index (χ2v) is 12.1. The molecule has 0 bridgehead atoms. The SMILES string of the molecule is CC1=CC=CCC1(OC(C)C)[Si](C)(C)C1=[C]([Ti+2])CC=C1.[Cl-].[Cl-]. The van der Waals surface area contributed by atoms with Crippen molar-refractivity contribution in [2.24, 2.45) is 0 Å². The topological polar surface area (TPSA) is 9.23 Å². The van der Waals surface area contributed by atoms with Crippen molar-refractivity contribution in [2.45, 2.75) is 58.0 Å². The Labute approximate surface area is 160 Å². The van der Waals surface area contributed by atoms with Crippen molar-refractivity contribution in [2.75, 3.05) is 0 Å². The third-order valence-corrected chi connectivity index (χ3v) is 10.3. The summed E-state index contributed by atoms with van der Waals surface area (Å²) in [5, 5.41) is 1.49. The fourth-order valence-electron chi connectivity index (χ4n) is 3.49. The van der Waals surface area contributed by atoms with Crippen molar-refractivity contribution in [3.63, 3.8) is 0 Å². The van der Waals surface area contributed by atoms with Gasteiger partial charge in [0, 0.05) is 0 Å². The molecule has 1 nitrogen and oxygen atoms in total. The van der Waals surface area contributed by atoms with Gasteiger partial charge in [-0.1, -0.05) is 0 Å². The first-order chi connectivity index (χ1) is 9.31. The summed E-state index contributed by atoms with van der Waals surface area (Å²) in [4.78, 5) is 0. The van der Waals surface area contributed by atoms with E-state index in [1.54, 1.807) is 5.20 Å². The molecule has 0 aromatic carbocycles. The minimum absolute atomic E-state index is 0. The van der Waals surface area contributed by atoms with Crippen molar-refractivity contribution in [1.82, 2.24) is 0 Å². The molecule has 0 saturated heterocycles. The molecule has 1 unspecified atom stereocenters. The Morgan fingerprint density at radius 2 is 1.86 bits per heavy atom. The third kappa shape index (κ3) is 3.91. The van der Waals surface area contributed by atoms with Crippen LogP contribution in [0.1, 0.15) is 33.6 Å². The van der Waals surface area contributed by atoms with Gasteiger partial charge in [-0.25, -0.2) is 0 Å². The Bertz CT molecular complexity index is 521. The van der Waals surface area contributed by atoms with E-state index in [9.17, 15) is 0 Å². The van der Waals surface area contributed by atoms with E-state index in [1.807, 2.05) is 0 Å². The first-order valence-electron chi connectivity index (χ1n) is 7.45. The zero-order chi connectivity index (χ0) is 15.0. The molecule has 0 saturated carbocycles. The predicted octanol–water partition coefficient (Wildman–Crippen LogP) is -1.39. The summed E-state index contributed by atoms with van der Waals surface area (Å²) in [6, 6.07) is 0. The van der Waals surface area contributed by atoms with Gasteiger partial charge in [-0.3, -0.25) is 0 Å².